The van der Waals surface area contributed by atoms with Gasteiger partial charge < -0.3 is 15.5 Å². The summed E-state index contributed by atoms with van der Waals surface area (Å²) in [5.41, 5.74) is 5.68. The summed E-state index contributed by atoms with van der Waals surface area (Å²) in [6, 6.07) is 6.12. The van der Waals surface area contributed by atoms with Crippen molar-refractivity contribution in [3.05, 3.63) is 50.9 Å². The molecule has 3 N–H and O–H groups in total. The Hall–Kier alpha value is -1.20. The van der Waals surface area contributed by atoms with E-state index >= 15 is 0 Å². The van der Waals surface area contributed by atoms with Crippen LogP contribution in [0.1, 0.15) is 16.3 Å². The topological polar surface area (TPSA) is 68.3 Å². The molecule has 0 radical (unpaired) electrons. The number of rotatable bonds is 3. The number of amides is 1. The van der Waals surface area contributed by atoms with E-state index in [-0.39, 0.29) is 28.0 Å². The second-order valence-corrected chi connectivity index (χ2v) is 4.92. The molecule has 0 aliphatic rings. The number of hydrogen-bond donors (Lipinski definition) is 2. The first-order chi connectivity index (χ1) is 9.01. The molecule has 0 spiro atoms. The summed E-state index contributed by atoms with van der Waals surface area (Å²) in [6.07, 6.45) is 0. The predicted molar refractivity (Wildman–Crippen MR) is 76.0 cm³/mol. The van der Waals surface area contributed by atoms with E-state index in [9.17, 15) is 4.79 Å². The molecule has 0 saturated carbocycles. The van der Waals surface area contributed by atoms with Crippen LogP contribution in [0.15, 0.2) is 28.7 Å². The summed E-state index contributed by atoms with van der Waals surface area (Å²) >= 11 is 17.7. The first-order valence-electron chi connectivity index (χ1n) is 5.26. The van der Waals surface area contributed by atoms with Gasteiger partial charge in [-0.1, -0.05) is 34.8 Å². The van der Waals surface area contributed by atoms with Gasteiger partial charge in [0.15, 0.2) is 5.76 Å². The van der Waals surface area contributed by atoms with Crippen molar-refractivity contribution >= 4 is 46.4 Å². The molecule has 1 heterocycles. The van der Waals surface area contributed by atoms with Crippen LogP contribution in [-0.4, -0.2) is 5.91 Å². The lowest BCUT2D eigenvalue weighted by Gasteiger charge is -2.08. The molecule has 4 nitrogen and oxygen atoms in total. The summed E-state index contributed by atoms with van der Waals surface area (Å²) in [4.78, 5) is 11.9. The van der Waals surface area contributed by atoms with Gasteiger partial charge in [0.25, 0.3) is 5.91 Å². The predicted octanol–water partition coefficient (Wildman–Crippen LogP) is 3.95. The molecule has 7 heteroatoms. The van der Waals surface area contributed by atoms with Crippen molar-refractivity contribution < 1.29 is 9.21 Å². The van der Waals surface area contributed by atoms with Gasteiger partial charge >= 0.3 is 0 Å². The van der Waals surface area contributed by atoms with Gasteiger partial charge in [-0.05, 0) is 24.3 Å². The smallest absolute Gasteiger partial charge is 0.291 e. The molecule has 0 fully saturated rings. The number of benzene rings is 1. The van der Waals surface area contributed by atoms with Gasteiger partial charge in [0.05, 0.1) is 22.3 Å². The zero-order valence-electron chi connectivity index (χ0n) is 9.54. The number of carbonyl (C=O) groups excluding carboxylic acids is 1. The van der Waals surface area contributed by atoms with Gasteiger partial charge in [-0.2, -0.15) is 0 Å². The fourth-order valence-corrected chi connectivity index (χ4v) is 2.36. The maximum atomic E-state index is 11.9. The highest BCUT2D eigenvalue weighted by Gasteiger charge is 2.15. The third-order valence-corrected chi connectivity index (χ3v) is 3.15. The zero-order chi connectivity index (χ0) is 14.0. The molecule has 0 unspecified atom stereocenters. The minimum Gasteiger partial charge on any atom is -0.455 e. The van der Waals surface area contributed by atoms with Crippen LogP contribution >= 0.6 is 34.8 Å². The number of hydrogen-bond acceptors (Lipinski definition) is 3. The second kappa shape index (κ2) is 5.84. The summed E-state index contributed by atoms with van der Waals surface area (Å²) < 4.78 is 5.22. The van der Waals surface area contributed by atoms with E-state index in [1.54, 1.807) is 6.07 Å². The molecular formula is C12H9Cl3N2O2. The molecular weight excluding hydrogens is 311 g/mol. The molecule has 1 amide bonds. The quantitative estimate of drug-likeness (QED) is 0.900. The molecule has 0 aliphatic heterocycles. The average molecular weight is 320 g/mol. The van der Waals surface area contributed by atoms with E-state index < -0.39 is 5.91 Å². The molecule has 0 aliphatic carbocycles. The van der Waals surface area contributed by atoms with Crippen LogP contribution < -0.4 is 11.1 Å². The maximum absolute atomic E-state index is 11.9. The largest absolute Gasteiger partial charge is 0.455 e. The summed E-state index contributed by atoms with van der Waals surface area (Å²) in [7, 11) is 0. The number of anilines is 1. The van der Waals surface area contributed by atoms with Gasteiger partial charge in [-0.15, -0.1) is 0 Å². The van der Waals surface area contributed by atoms with Crippen molar-refractivity contribution in [3.8, 4) is 0 Å². The Morgan fingerprint density at radius 2 is 1.84 bits per heavy atom. The van der Waals surface area contributed by atoms with Crippen molar-refractivity contribution in [2.24, 2.45) is 5.73 Å². The van der Waals surface area contributed by atoms with Crippen LogP contribution in [-0.2, 0) is 6.54 Å². The second-order valence-electron chi connectivity index (χ2n) is 3.67. The number of furan rings is 1. The lowest BCUT2D eigenvalue weighted by atomic mass is 10.3. The van der Waals surface area contributed by atoms with Crippen LogP contribution in [0.5, 0.6) is 0 Å². The lowest BCUT2D eigenvalue weighted by molar-refractivity contribution is 0.0995. The maximum Gasteiger partial charge on any atom is 0.291 e. The van der Waals surface area contributed by atoms with Crippen LogP contribution in [0.3, 0.4) is 0 Å². The molecule has 2 aromatic rings. The molecule has 2 rings (SSSR count). The summed E-state index contributed by atoms with van der Waals surface area (Å²) in [5, 5.41) is 3.44. The van der Waals surface area contributed by atoms with Gasteiger partial charge in [0.2, 0.25) is 0 Å². The monoisotopic (exact) mass is 318 g/mol. The SMILES string of the molecule is NCc1ccc(C(=O)Nc2c(Cl)cc(Cl)cc2Cl)o1. The highest BCUT2D eigenvalue weighted by molar-refractivity contribution is 6.42. The van der Waals surface area contributed by atoms with Gasteiger partial charge in [-0.25, -0.2) is 0 Å². The van der Waals surface area contributed by atoms with Crippen LogP contribution in [0, 0.1) is 0 Å². The Kier molecular flexibility index (Phi) is 4.37. The minimum absolute atomic E-state index is 0.127. The van der Waals surface area contributed by atoms with E-state index in [2.05, 4.69) is 5.32 Å². The molecule has 0 saturated heterocycles. The van der Waals surface area contributed by atoms with Crippen LogP contribution in [0.4, 0.5) is 5.69 Å². The van der Waals surface area contributed by atoms with Gasteiger partial charge in [-0.3, -0.25) is 4.79 Å². The highest BCUT2D eigenvalue weighted by atomic mass is 35.5. The van der Waals surface area contributed by atoms with Gasteiger partial charge in [0.1, 0.15) is 5.76 Å². The Morgan fingerprint density at radius 3 is 2.37 bits per heavy atom. The van der Waals surface area contributed by atoms with Crippen molar-refractivity contribution in [2.75, 3.05) is 5.32 Å². The fraction of sp³-hybridized carbons (Fsp3) is 0.0833. The number of carbonyl (C=O) groups is 1. The number of nitrogens with one attached hydrogen (secondary N) is 1. The Morgan fingerprint density at radius 1 is 1.21 bits per heavy atom. The minimum atomic E-state index is -0.467. The molecule has 19 heavy (non-hydrogen) atoms. The van der Waals surface area contributed by atoms with Crippen molar-refractivity contribution in [1.82, 2.24) is 0 Å². The standard InChI is InChI=1S/C12H9Cl3N2O2/c13-6-3-8(14)11(9(15)4-6)17-12(18)10-2-1-7(5-16)19-10/h1-4H,5,16H2,(H,17,18). The van der Waals surface area contributed by atoms with E-state index in [4.69, 9.17) is 45.0 Å². The molecule has 0 atom stereocenters. The third kappa shape index (κ3) is 3.22. The van der Waals surface area contributed by atoms with E-state index in [1.165, 1.54) is 18.2 Å². The average Bonchev–Trinajstić information content (AvgIpc) is 2.82. The number of halogens is 3. The first kappa shape index (κ1) is 14.2. The third-order valence-electron chi connectivity index (χ3n) is 2.33. The molecule has 0 bridgehead atoms. The van der Waals surface area contributed by atoms with Crippen molar-refractivity contribution in [3.63, 3.8) is 0 Å². The lowest BCUT2D eigenvalue weighted by Crippen LogP contribution is -2.11. The van der Waals surface area contributed by atoms with Crippen LogP contribution in [0.25, 0.3) is 0 Å². The zero-order valence-corrected chi connectivity index (χ0v) is 11.8. The van der Waals surface area contributed by atoms with Crippen molar-refractivity contribution in [1.29, 1.82) is 0 Å². The van der Waals surface area contributed by atoms with Crippen LogP contribution in [0.2, 0.25) is 15.1 Å². The van der Waals surface area contributed by atoms with E-state index in [1.807, 2.05) is 0 Å². The molecule has 100 valence electrons. The molecule has 1 aromatic carbocycles. The van der Waals surface area contributed by atoms with Crippen molar-refractivity contribution in [2.45, 2.75) is 6.54 Å². The van der Waals surface area contributed by atoms with Gasteiger partial charge in [0, 0.05) is 5.02 Å². The fourth-order valence-electron chi connectivity index (χ4n) is 1.45. The Bertz CT molecular complexity index is 602. The highest BCUT2D eigenvalue weighted by Crippen LogP contribution is 2.33. The van der Waals surface area contributed by atoms with E-state index in [0.717, 1.165) is 0 Å². The Balaban J connectivity index is 2.24. The molecule has 1 aromatic heterocycles. The summed E-state index contributed by atoms with van der Waals surface area (Å²) in [5.74, 6) is 0.173. The number of nitrogens with two attached hydrogens (primary N) is 1. The Labute approximate surface area is 124 Å². The normalized spacial score (nSPS) is 10.5. The summed E-state index contributed by atoms with van der Waals surface area (Å²) in [6.45, 7) is 0.218. The van der Waals surface area contributed by atoms with E-state index in [0.29, 0.717) is 10.8 Å². The first-order valence-corrected chi connectivity index (χ1v) is 6.39.